The Hall–Kier alpha value is -4.21. The van der Waals surface area contributed by atoms with Gasteiger partial charge in [-0.3, -0.25) is 14.3 Å². The molecule has 4 rings (SSSR count). The molecular weight excluding hydrogens is 440 g/mol. The lowest BCUT2D eigenvalue weighted by atomic mass is 10.1. The average molecular weight is 456 g/mol. The zero-order valence-corrected chi connectivity index (χ0v) is 16.9. The second kappa shape index (κ2) is 8.38. The first-order chi connectivity index (χ1) is 15.6. The summed E-state index contributed by atoms with van der Waals surface area (Å²) in [6, 6.07) is 15.7. The minimum Gasteiger partial charge on any atom is -0.364 e. The molecule has 33 heavy (non-hydrogen) atoms. The predicted molar refractivity (Wildman–Crippen MR) is 113 cm³/mol. The van der Waals surface area contributed by atoms with Crippen molar-refractivity contribution in [1.29, 1.82) is 0 Å². The fourth-order valence-electron chi connectivity index (χ4n) is 3.44. The number of amides is 2. The van der Waals surface area contributed by atoms with Gasteiger partial charge in [0, 0.05) is 16.6 Å². The van der Waals surface area contributed by atoms with Crippen LogP contribution in [0.25, 0.3) is 10.9 Å². The Balaban J connectivity index is 1.56. The highest BCUT2D eigenvalue weighted by molar-refractivity contribution is 6.05. The minimum atomic E-state index is -4.85. The number of hydrogen-bond donors (Lipinski definition) is 2. The number of halogens is 4. The van der Waals surface area contributed by atoms with E-state index in [4.69, 9.17) is 5.73 Å². The maximum absolute atomic E-state index is 13.8. The number of anilines is 1. The lowest BCUT2D eigenvalue weighted by molar-refractivity contribution is -0.140. The van der Waals surface area contributed by atoms with Gasteiger partial charge in [0.1, 0.15) is 5.82 Å². The average Bonchev–Trinajstić information content (AvgIpc) is 3.12. The zero-order valence-electron chi connectivity index (χ0n) is 16.9. The van der Waals surface area contributed by atoms with E-state index in [1.54, 1.807) is 53.2 Å². The Morgan fingerprint density at radius 1 is 1.00 bits per heavy atom. The van der Waals surface area contributed by atoms with Crippen LogP contribution in [-0.2, 0) is 12.7 Å². The molecule has 1 aromatic heterocycles. The first kappa shape index (κ1) is 22.0. The van der Waals surface area contributed by atoms with Crippen LogP contribution >= 0.6 is 0 Å². The predicted octanol–water partition coefficient (Wildman–Crippen LogP) is 4.59. The Morgan fingerprint density at radius 2 is 1.76 bits per heavy atom. The molecule has 0 radical (unpaired) electrons. The maximum atomic E-state index is 13.8. The standard InChI is InChI=1S/C23H16F4N4O2/c24-18-11-14(8-9-17(18)23(25,26)27)22(33)29-15-5-3-4-13(10-15)12-31-19-7-2-1-6-16(19)20(30-31)21(28)32/h1-11H,12H2,(H2,28,32)(H,29,33). The molecule has 0 atom stereocenters. The van der Waals surface area contributed by atoms with Crippen LogP contribution < -0.4 is 11.1 Å². The molecule has 0 spiro atoms. The van der Waals surface area contributed by atoms with Gasteiger partial charge >= 0.3 is 6.18 Å². The fraction of sp³-hybridized carbons (Fsp3) is 0.0870. The van der Waals surface area contributed by atoms with Gasteiger partial charge < -0.3 is 11.1 Å². The fourth-order valence-corrected chi connectivity index (χ4v) is 3.44. The van der Waals surface area contributed by atoms with E-state index in [1.807, 2.05) is 0 Å². The number of primary amides is 1. The molecule has 3 aromatic carbocycles. The largest absolute Gasteiger partial charge is 0.419 e. The van der Waals surface area contributed by atoms with Crippen molar-refractivity contribution < 1.29 is 27.2 Å². The van der Waals surface area contributed by atoms with Gasteiger partial charge in [0.2, 0.25) is 0 Å². The van der Waals surface area contributed by atoms with E-state index in [-0.39, 0.29) is 17.8 Å². The highest BCUT2D eigenvalue weighted by Crippen LogP contribution is 2.31. The van der Waals surface area contributed by atoms with Crippen LogP contribution in [0.1, 0.15) is 32.0 Å². The van der Waals surface area contributed by atoms with Crippen LogP contribution in [0.4, 0.5) is 23.2 Å². The van der Waals surface area contributed by atoms with E-state index in [1.165, 1.54) is 0 Å². The number of carbonyl (C=O) groups excluding carboxylic acids is 2. The summed E-state index contributed by atoms with van der Waals surface area (Å²) in [6.07, 6.45) is -4.85. The number of carbonyl (C=O) groups is 2. The number of nitrogens with two attached hydrogens (primary N) is 1. The Kier molecular flexibility index (Phi) is 5.59. The van der Waals surface area contributed by atoms with E-state index in [2.05, 4.69) is 10.4 Å². The lowest BCUT2D eigenvalue weighted by Gasteiger charge is -2.11. The molecule has 168 valence electrons. The molecule has 0 aliphatic rings. The van der Waals surface area contributed by atoms with Crippen molar-refractivity contribution in [3.05, 3.63) is 94.9 Å². The molecule has 0 fully saturated rings. The van der Waals surface area contributed by atoms with Crippen LogP contribution in [0.5, 0.6) is 0 Å². The van der Waals surface area contributed by atoms with Gasteiger partial charge in [-0.05, 0) is 42.0 Å². The third-order valence-corrected chi connectivity index (χ3v) is 4.95. The number of nitrogens with one attached hydrogen (secondary N) is 1. The summed E-state index contributed by atoms with van der Waals surface area (Å²) >= 11 is 0. The van der Waals surface area contributed by atoms with E-state index < -0.39 is 29.4 Å². The van der Waals surface area contributed by atoms with Gasteiger partial charge in [-0.25, -0.2) is 4.39 Å². The van der Waals surface area contributed by atoms with Crippen molar-refractivity contribution in [3.8, 4) is 0 Å². The molecule has 0 saturated carbocycles. The van der Waals surface area contributed by atoms with Gasteiger partial charge in [0.15, 0.2) is 5.69 Å². The molecule has 0 saturated heterocycles. The number of benzene rings is 3. The van der Waals surface area contributed by atoms with Crippen LogP contribution in [0.15, 0.2) is 66.7 Å². The summed E-state index contributed by atoms with van der Waals surface area (Å²) in [5.74, 6) is -2.95. The SMILES string of the molecule is NC(=O)c1nn(Cc2cccc(NC(=O)c3ccc(C(F)(F)F)c(F)c3)c2)c2ccccc12. The van der Waals surface area contributed by atoms with Gasteiger partial charge in [-0.1, -0.05) is 30.3 Å². The second-order valence-corrected chi connectivity index (χ2v) is 7.23. The third kappa shape index (κ3) is 4.54. The normalized spacial score (nSPS) is 11.5. The van der Waals surface area contributed by atoms with E-state index in [0.717, 1.165) is 11.6 Å². The highest BCUT2D eigenvalue weighted by atomic mass is 19.4. The quantitative estimate of drug-likeness (QED) is 0.431. The molecule has 3 N–H and O–H groups in total. The van der Waals surface area contributed by atoms with Crippen LogP contribution in [0, 0.1) is 5.82 Å². The third-order valence-electron chi connectivity index (χ3n) is 4.95. The number of fused-ring (bicyclic) bond motifs is 1. The number of hydrogen-bond acceptors (Lipinski definition) is 3. The molecule has 0 aliphatic carbocycles. The van der Waals surface area contributed by atoms with Gasteiger partial charge in [0.25, 0.3) is 11.8 Å². The zero-order chi connectivity index (χ0) is 23.8. The first-order valence-corrected chi connectivity index (χ1v) is 9.66. The van der Waals surface area contributed by atoms with Crippen molar-refractivity contribution in [2.24, 2.45) is 5.73 Å². The molecule has 2 amide bonds. The topological polar surface area (TPSA) is 90.0 Å². The molecule has 10 heteroatoms. The van der Waals surface area contributed by atoms with Gasteiger partial charge in [-0.2, -0.15) is 18.3 Å². The highest BCUT2D eigenvalue weighted by Gasteiger charge is 2.34. The lowest BCUT2D eigenvalue weighted by Crippen LogP contribution is -2.15. The van der Waals surface area contributed by atoms with Gasteiger partial charge in [-0.15, -0.1) is 0 Å². The Morgan fingerprint density at radius 3 is 2.45 bits per heavy atom. The number of aromatic nitrogens is 2. The number of para-hydroxylation sites is 1. The Bertz CT molecular complexity index is 1380. The smallest absolute Gasteiger partial charge is 0.364 e. The molecule has 0 bridgehead atoms. The summed E-state index contributed by atoms with van der Waals surface area (Å²) in [5, 5.41) is 7.43. The summed E-state index contributed by atoms with van der Waals surface area (Å²) in [5.41, 5.74) is 5.62. The molecule has 6 nitrogen and oxygen atoms in total. The van der Waals surface area contributed by atoms with Crippen LogP contribution in [0.3, 0.4) is 0 Å². The summed E-state index contributed by atoms with van der Waals surface area (Å²) in [7, 11) is 0. The first-order valence-electron chi connectivity index (χ1n) is 9.66. The van der Waals surface area contributed by atoms with Gasteiger partial charge in [0.05, 0.1) is 17.6 Å². The number of alkyl halides is 3. The molecule has 0 aliphatic heterocycles. The molecular formula is C23H16F4N4O2. The maximum Gasteiger partial charge on any atom is 0.419 e. The van der Waals surface area contributed by atoms with Crippen molar-refractivity contribution >= 4 is 28.4 Å². The monoisotopic (exact) mass is 456 g/mol. The molecule has 4 aromatic rings. The molecule has 1 heterocycles. The number of rotatable bonds is 5. The summed E-state index contributed by atoms with van der Waals surface area (Å²) in [6.45, 7) is 0.256. The van der Waals surface area contributed by atoms with E-state index >= 15 is 0 Å². The summed E-state index contributed by atoms with van der Waals surface area (Å²) in [4.78, 5) is 24.1. The second-order valence-electron chi connectivity index (χ2n) is 7.23. The Labute approximate surface area is 184 Å². The van der Waals surface area contributed by atoms with E-state index in [9.17, 15) is 27.2 Å². The van der Waals surface area contributed by atoms with Crippen molar-refractivity contribution in [3.63, 3.8) is 0 Å². The number of nitrogens with zero attached hydrogens (tertiary/aromatic N) is 2. The molecule has 0 unspecified atom stereocenters. The van der Waals surface area contributed by atoms with Crippen LogP contribution in [-0.4, -0.2) is 21.6 Å². The van der Waals surface area contributed by atoms with Crippen LogP contribution in [0.2, 0.25) is 0 Å². The summed E-state index contributed by atoms with van der Waals surface area (Å²) < 4.78 is 53.6. The van der Waals surface area contributed by atoms with Crippen molar-refractivity contribution in [2.45, 2.75) is 12.7 Å². The minimum absolute atomic E-state index is 0.138. The van der Waals surface area contributed by atoms with Crippen molar-refractivity contribution in [1.82, 2.24) is 9.78 Å². The van der Waals surface area contributed by atoms with E-state index in [0.29, 0.717) is 28.7 Å². The van der Waals surface area contributed by atoms with Crippen molar-refractivity contribution in [2.75, 3.05) is 5.32 Å².